The molecule has 3 heteroatoms. The number of nitrogens with one attached hydrogen (secondary N) is 1. The SMILES string of the molecule is CF.N=C=O. The van der Waals surface area contributed by atoms with Crippen molar-refractivity contribution < 1.29 is 9.18 Å². The highest BCUT2D eigenvalue weighted by Gasteiger charge is 1.03. The van der Waals surface area contributed by atoms with Crippen molar-refractivity contribution in [2.45, 2.75) is 0 Å². The van der Waals surface area contributed by atoms with Gasteiger partial charge in [-0.25, -0.2) is 10.2 Å². The topological polar surface area (TPSA) is 40.9 Å². The third-order valence-electron chi connectivity index (χ3n) is 0. The molecule has 0 aliphatic rings. The van der Waals surface area contributed by atoms with E-state index in [0.717, 1.165) is 6.08 Å². The Labute approximate surface area is 29.1 Å². The van der Waals surface area contributed by atoms with Crippen LogP contribution in [-0.2, 0) is 4.79 Å². The molecule has 30 valence electrons. The zero-order valence-corrected chi connectivity index (χ0v) is 2.79. The normalized spacial score (nSPS) is 2.80. The monoisotopic (exact) mass is 77.0 g/mol. The van der Waals surface area contributed by atoms with Gasteiger partial charge in [0, 0.05) is 0 Å². The van der Waals surface area contributed by atoms with Gasteiger partial charge in [-0.3, -0.25) is 4.39 Å². The number of carbonyl (C=O) groups excluding carboxylic acids is 1. The third-order valence-corrected chi connectivity index (χ3v) is 0. The number of hydrogen-bond donors (Lipinski definition) is 1. The Morgan fingerprint density at radius 2 is 1.80 bits per heavy atom. The summed E-state index contributed by atoms with van der Waals surface area (Å²) in [7, 11) is 0.500. The highest BCUT2D eigenvalue weighted by Crippen LogP contribution is 1.16. The van der Waals surface area contributed by atoms with Crippen LogP contribution in [0.1, 0.15) is 0 Å². The van der Waals surface area contributed by atoms with Gasteiger partial charge in [-0.15, -0.1) is 0 Å². The fourth-order valence-corrected chi connectivity index (χ4v) is 0. The minimum absolute atomic E-state index is 0.500. The summed E-state index contributed by atoms with van der Waals surface area (Å²) in [6.07, 6.45) is 0.750. The van der Waals surface area contributed by atoms with E-state index in [0.29, 0.717) is 7.18 Å². The van der Waals surface area contributed by atoms with Crippen molar-refractivity contribution in [2.24, 2.45) is 0 Å². The molecule has 0 bridgehead atoms. The molecular formula is C2H4FNO. The lowest BCUT2D eigenvalue weighted by atomic mass is 11.7. The van der Waals surface area contributed by atoms with Crippen LogP contribution in [0.25, 0.3) is 0 Å². The van der Waals surface area contributed by atoms with Gasteiger partial charge in [0.1, 0.15) is 0 Å². The second-order valence-corrected chi connectivity index (χ2v) is 0.102. The number of alkyl halides is 1. The van der Waals surface area contributed by atoms with Crippen molar-refractivity contribution in [2.75, 3.05) is 7.18 Å². The predicted molar refractivity (Wildman–Crippen MR) is 15.4 cm³/mol. The first-order valence-electron chi connectivity index (χ1n) is 0.832. The van der Waals surface area contributed by atoms with E-state index in [9.17, 15) is 4.39 Å². The summed E-state index contributed by atoms with van der Waals surface area (Å²) in [4.78, 5) is 8.35. The number of rotatable bonds is 0. The lowest BCUT2D eigenvalue weighted by Gasteiger charge is -1.10. The van der Waals surface area contributed by atoms with Crippen LogP contribution < -0.4 is 0 Å². The summed E-state index contributed by atoms with van der Waals surface area (Å²) in [6, 6.07) is 0. The molecule has 0 amide bonds. The maximum absolute atomic E-state index is 9.50. The smallest absolute Gasteiger partial charge is 0.231 e. The van der Waals surface area contributed by atoms with Gasteiger partial charge < -0.3 is 0 Å². The van der Waals surface area contributed by atoms with Gasteiger partial charge in [0.15, 0.2) is 0 Å². The zero-order chi connectivity index (χ0) is 4.71. The molecule has 0 rings (SSSR count). The summed E-state index contributed by atoms with van der Waals surface area (Å²) in [5.41, 5.74) is 0. The van der Waals surface area contributed by atoms with E-state index in [4.69, 9.17) is 10.2 Å². The fraction of sp³-hybridized carbons (Fsp3) is 0.500. The quantitative estimate of drug-likeness (QED) is 0.331. The Kier molecular flexibility index (Phi) is 325. The van der Waals surface area contributed by atoms with E-state index >= 15 is 0 Å². The molecule has 0 heterocycles. The summed E-state index contributed by atoms with van der Waals surface area (Å²) < 4.78 is 9.50. The number of hydrogen-bond acceptors (Lipinski definition) is 2. The third kappa shape index (κ3) is 11.9. The summed E-state index contributed by atoms with van der Waals surface area (Å²) >= 11 is 0. The van der Waals surface area contributed by atoms with E-state index < -0.39 is 0 Å². The van der Waals surface area contributed by atoms with Crippen molar-refractivity contribution in [3.63, 3.8) is 0 Å². The molecule has 0 spiro atoms. The van der Waals surface area contributed by atoms with Gasteiger partial charge in [-0.05, 0) is 0 Å². The van der Waals surface area contributed by atoms with Crippen molar-refractivity contribution in [1.29, 1.82) is 5.41 Å². The Hall–Kier alpha value is -0.690. The van der Waals surface area contributed by atoms with Crippen molar-refractivity contribution in [3.8, 4) is 0 Å². The lowest BCUT2D eigenvalue weighted by molar-refractivity contribution is 0.563. The Morgan fingerprint density at radius 3 is 1.80 bits per heavy atom. The zero-order valence-electron chi connectivity index (χ0n) is 2.79. The predicted octanol–water partition coefficient (Wildman–Crippen LogP) is 0.487. The van der Waals surface area contributed by atoms with Crippen LogP contribution in [0.4, 0.5) is 4.39 Å². The van der Waals surface area contributed by atoms with Crippen LogP contribution in [0.3, 0.4) is 0 Å². The van der Waals surface area contributed by atoms with E-state index in [2.05, 4.69) is 0 Å². The van der Waals surface area contributed by atoms with Crippen LogP contribution in [0.5, 0.6) is 0 Å². The highest BCUT2D eigenvalue weighted by molar-refractivity contribution is 5.26. The van der Waals surface area contributed by atoms with Crippen molar-refractivity contribution in [1.82, 2.24) is 0 Å². The van der Waals surface area contributed by atoms with E-state index in [-0.39, 0.29) is 0 Å². The first-order valence-corrected chi connectivity index (χ1v) is 0.832. The molecule has 0 aliphatic carbocycles. The van der Waals surface area contributed by atoms with Gasteiger partial charge >= 0.3 is 0 Å². The number of halogens is 1. The Morgan fingerprint density at radius 1 is 1.80 bits per heavy atom. The van der Waals surface area contributed by atoms with E-state index in [1.165, 1.54) is 0 Å². The van der Waals surface area contributed by atoms with Crippen LogP contribution in [0, 0.1) is 5.41 Å². The van der Waals surface area contributed by atoms with Crippen LogP contribution in [-0.4, -0.2) is 13.3 Å². The molecule has 0 aromatic rings. The molecule has 1 N–H and O–H groups in total. The Balaban J connectivity index is 0. The molecular weight excluding hydrogens is 73.0 g/mol. The molecule has 2 nitrogen and oxygen atoms in total. The van der Waals surface area contributed by atoms with Gasteiger partial charge in [-0.2, -0.15) is 0 Å². The van der Waals surface area contributed by atoms with Gasteiger partial charge in [0.25, 0.3) is 0 Å². The van der Waals surface area contributed by atoms with Crippen LogP contribution >= 0.6 is 0 Å². The van der Waals surface area contributed by atoms with Crippen LogP contribution in [0.15, 0.2) is 0 Å². The average Bonchev–Trinajstić information content (AvgIpc) is 1.46. The molecule has 0 aromatic heterocycles. The molecule has 0 saturated heterocycles. The maximum Gasteiger partial charge on any atom is 0.231 e. The lowest BCUT2D eigenvalue weighted by Crippen LogP contribution is -1.16. The molecule has 5 heavy (non-hydrogen) atoms. The Bertz CT molecular complexity index is 30.6. The standard InChI is InChI=1S/CH3F.CHNO/c1-2;2-1-3/h1H3;2H. The summed E-state index contributed by atoms with van der Waals surface area (Å²) in [6.45, 7) is 0. The van der Waals surface area contributed by atoms with E-state index in [1.807, 2.05) is 0 Å². The largest absolute Gasteiger partial charge is 0.255 e. The molecule has 0 fully saturated rings. The average molecular weight is 77.1 g/mol. The maximum atomic E-state index is 9.50. The molecule has 0 aromatic carbocycles. The van der Waals surface area contributed by atoms with Crippen molar-refractivity contribution >= 4 is 6.08 Å². The summed E-state index contributed by atoms with van der Waals surface area (Å²) in [5, 5.41) is 5.40. The molecule has 0 atom stereocenters. The van der Waals surface area contributed by atoms with E-state index in [1.54, 1.807) is 0 Å². The molecule has 0 radical (unpaired) electrons. The second kappa shape index (κ2) is 184. The molecule has 0 unspecified atom stereocenters. The first kappa shape index (κ1) is 8.85. The van der Waals surface area contributed by atoms with Gasteiger partial charge in [0.05, 0.1) is 7.18 Å². The van der Waals surface area contributed by atoms with Crippen LogP contribution in [0.2, 0.25) is 0 Å². The van der Waals surface area contributed by atoms with Gasteiger partial charge in [0.2, 0.25) is 6.08 Å². The van der Waals surface area contributed by atoms with Crippen molar-refractivity contribution in [3.05, 3.63) is 0 Å². The summed E-state index contributed by atoms with van der Waals surface area (Å²) in [5.74, 6) is 0. The molecule has 0 aliphatic heterocycles. The minimum atomic E-state index is 0.500. The number of isocyanates is 1. The first-order chi connectivity index (χ1) is 2.41. The molecule has 0 saturated carbocycles. The second-order valence-electron chi connectivity index (χ2n) is 0.102. The minimum Gasteiger partial charge on any atom is -0.255 e. The fourth-order valence-electron chi connectivity index (χ4n) is 0. The van der Waals surface area contributed by atoms with Gasteiger partial charge in [-0.1, -0.05) is 0 Å². The highest BCUT2D eigenvalue weighted by atomic mass is 19.1.